The van der Waals surface area contributed by atoms with Gasteiger partial charge in [-0.05, 0) is 70.9 Å². The van der Waals surface area contributed by atoms with E-state index in [9.17, 15) is 19.2 Å². The largest absolute Gasteiger partial charge is 0.444 e. The number of imide groups is 1. The van der Waals surface area contributed by atoms with Crippen LogP contribution >= 0.6 is 0 Å². The Kier molecular flexibility index (Phi) is 8.92. The summed E-state index contributed by atoms with van der Waals surface area (Å²) < 4.78 is 5.23. The fourth-order valence-corrected chi connectivity index (χ4v) is 4.87. The van der Waals surface area contributed by atoms with Gasteiger partial charge in [-0.2, -0.15) is 0 Å². The van der Waals surface area contributed by atoms with Gasteiger partial charge in [-0.1, -0.05) is 31.0 Å². The average molecular weight is 486 g/mol. The molecule has 1 aromatic rings. The number of unbranched alkanes of at least 4 members (excludes halogenated alkanes) is 3. The molecule has 2 saturated heterocycles. The highest BCUT2D eigenvalue weighted by atomic mass is 16.6. The van der Waals surface area contributed by atoms with Crippen LogP contribution < -0.4 is 10.6 Å². The van der Waals surface area contributed by atoms with Crippen molar-refractivity contribution in [2.75, 3.05) is 19.6 Å². The average Bonchev–Trinajstić information content (AvgIpc) is 3.16. The summed E-state index contributed by atoms with van der Waals surface area (Å²) in [7, 11) is 0. The van der Waals surface area contributed by atoms with E-state index in [1.807, 2.05) is 45.0 Å². The number of rotatable bonds is 8. The maximum Gasteiger partial charge on any atom is 0.407 e. The van der Waals surface area contributed by atoms with Gasteiger partial charge >= 0.3 is 6.09 Å². The highest BCUT2D eigenvalue weighted by Crippen LogP contribution is 2.38. The summed E-state index contributed by atoms with van der Waals surface area (Å²) in [6.07, 6.45) is 6.48. The maximum atomic E-state index is 13.4. The summed E-state index contributed by atoms with van der Waals surface area (Å²) in [6.45, 7) is 7.00. The summed E-state index contributed by atoms with van der Waals surface area (Å²) in [6, 6.07) is 7.69. The second-order valence-electron chi connectivity index (χ2n) is 10.7. The number of ether oxygens (including phenoxy) is 1. The van der Waals surface area contributed by atoms with E-state index in [1.54, 1.807) is 4.90 Å². The SMILES string of the molecule is CC(C)(C)OC(=O)NCCCCCCc1ccccc1C(=O)N1CCC2(CCCC(=O)NC2=O)C1. The molecule has 1 spiro atoms. The second-order valence-corrected chi connectivity index (χ2v) is 10.7. The van der Waals surface area contributed by atoms with Gasteiger partial charge in [-0.15, -0.1) is 0 Å². The van der Waals surface area contributed by atoms with Crippen LogP contribution in [0.3, 0.4) is 0 Å². The van der Waals surface area contributed by atoms with E-state index in [2.05, 4.69) is 10.6 Å². The molecule has 0 radical (unpaired) electrons. The third kappa shape index (κ3) is 7.54. The normalized spacial score (nSPS) is 20.5. The maximum absolute atomic E-state index is 13.4. The van der Waals surface area contributed by atoms with E-state index < -0.39 is 11.0 Å². The molecule has 192 valence electrons. The lowest BCUT2D eigenvalue weighted by atomic mass is 9.82. The molecule has 1 unspecified atom stereocenters. The molecule has 35 heavy (non-hydrogen) atoms. The van der Waals surface area contributed by atoms with Crippen LogP contribution in [0.5, 0.6) is 0 Å². The van der Waals surface area contributed by atoms with Crippen LogP contribution in [0.25, 0.3) is 0 Å². The summed E-state index contributed by atoms with van der Waals surface area (Å²) in [5, 5.41) is 5.28. The van der Waals surface area contributed by atoms with Crippen LogP contribution in [0.15, 0.2) is 24.3 Å². The molecule has 0 aliphatic carbocycles. The molecule has 2 fully saturated rings. The minimum atomic E-state index is -0.649. The standard InChI is InChI=1S/C27H39N3O5/c1-26(2,3)35-25(34)28-17-9-5-4-6-11-20-12-7-8-13-21(20)23(32)30-18-16-27(19-30)15-10-14-22(31)29-24(27)33/h7-8,12-13H,4-6,9-11,14-19H2,1-3H3,(H,28,34)(H,29,31,33). The molecule has 4 amide bonds. The Balaban J connectivity index is 1.46. The van der Waals surface area contributed by atoms with Crippen molar-refractivity contribution in [2.45, 2.75) is 84.2 Å². The number of carbonyl (C=O) groups excluding carboxylic acids is 4. The van der Waals surface area contributed by atoms with Crippen molar-refractivity contribution in [3.8, 4) is 0 Å². The van der Waals surface area contributed by atoms with Gasteiger partial charge in [-0.25, -0.2) is 4.79 Å². The van der Waals surface area contributed by atoms with Gasteiger partial charge in [0.05, 0.1) is 5.41 Å². The van der Waals surface area contributed by atoms with Gasteiger partial charge in [0, 0.05) is 31.6 Å². The molecule has 1 atom stereocenters. The summed E-state index contributed by atoms with van der Waals surface area (Å²) in [4.78, 5) is 51.2. The molecule has 2 N–H and O–H groups in total. The second kappa shape index (κ2) is 11.7. The highest BCUT2D eigenvalue weighted by molar-refractivity contribution is 6.00. The first-order valence-corrected chi connectivity index (χ1v) is 12.8. The van der Waals surface area contributed by atoms with Gasteiger partial charge in [0.25, 0.3) is 5.91 Å². The van der Waals surface area contributed by atoms with Crippen molar-refractivity contribution in [3.63, 3.8) is 0 Å². The first-order valence-electron chi connectivity index (χ1n) is 12.8. The third-order valence-electron chi connectivity index (χ3n) is 6.72. The molecule has 2 aliphatic rings. The predicted molar refractivity (Wildman–Crippen MR) is 133 cm³/mol. The smallest absolute Gasteiger partial charge is 0.407 e. The number of alkyl carbamates (subject to hydrolysis) is 1. The molecular formula is C27H39N3O5. The Morgan fingerprint density at radius 1 is 1.09 bits per heavy atom. The van der Waals surface area contributed by atoms with Crippen LogP contribution in [0.4, 0.5) is 4.79 Å². The molecule has 3 rings (SSSR count). The van der Waals surface area contributed by atoms with Crippen LogP contribution in [0.1, 0.15) is 88.1 Å². The van der Waals surface area contributed by atoms with Crippen molar-refractivity contribution < 1.29 is 23.9 Å². The molecule has 0 aromatic heterocycles. The first-order chi connectivity index (χ1) is 16.6. The Morgan fingerprint density at radius 3 is 2.60 bits per heavy atom. The van der Waals surface area contributed by atoms with Crippen molar-refractivity contribution in [1.29, 1.82) is 0 Å². The lowest BCUT2D eigenvalue weighted by molar-refractivity contribution is -0.135. The van der Waals surface area contributed by atoms with E-state index in [0.29, 0.717) is 50.9 Å². The Hall–Kier alpha value is -2.90. The van der Waals surface area contributed by atoms with Crippen LogP contribution in [0, 0.1) is 5.41 Å². The summed E-state index contributed by atoms with van der Waals surface area (Å²) in [5.74, 6) is -0.491. The van der Waals surface area contributed by atoms with Crippen LogP contribution in [-0.2, 0) is 20.7 Å². The number of carbonyl (C=O) groups is 4. The van der Waals surface area contributed by atoms with Crippen molar-refractivity contribution >= 4 is 23.8 Å². The van der Waals surface area contributed by atoms with Crippen molar-refractivity contribution in [2.24, 2.45) is 5.41 Å². The molecular weight excluding hydrogens is 446 g/mol. The molecule has 1 aromatic carbocycles. The van der Waals surface area contributed by atoms with Crippen LogP contribution in [0.2, 0.25) is 0 Å². The van der Waals surface area contributed by atoms with Gasteiger partial charge in [-0.3, -0.25) is 19.7 Å². The minimum Gasteiger partial charge on any atom is -0.444 e. The van der Waals surface area contributed by atoms with Gasteiger partial charge < -0.3 is 15.0 Å². The topological polar surface area (TPSA) is 105 Å². The van der Waals surface area contributed by atoms with Gasteiger partial charge in [0.15, 0.2) is 0 Å². The number of aryl methyl sites for hydroxylation is 1. The van der Waals surface area contributed by atoms with Crippen molar-refractivity contribution in [1.82, 2.24) is 15.5 Å². The minimum absolute atomic E-state index is 0.0394. The Labute approximate surface area is 208 Å². The zero-order valence-corrected chi connectivity index (χ0v) is 21.3. The monoisotopic (exact) mass is 485 g/mol. The number of nitrogens with one attached hydrogen (secondary N) is 2. The number of benzene rings is 1. The summed E-state index contributed by atoms with van der Waals surface area (Å²) >= 11 is 0. The Morgan fingerprint density at radius 2 is 1.83 bits per heavy atom. The highest BCUT2D eigenvalue weighted by Gasteiger charge is 2.47. The molecule has 8 nitrogen and oxygen atoms in total. The van der Waals surface area contributed by atoms with Crippen LogP contribution in [-0.4, -0.2) is 54.0 Å². The first kappa shape index (κ1) is 26.7. The predicted octanol–water partition coefficient (Wildman–Crippen LogP) is 3.97. The molecule has 0 bridgehead atoms. The summed E-state index contributed by atoms with van der Waals surface area (Å²) in [5.41, 5.74) is 0.572. The fourth-order valence-electron chi connectivity index (χ4n) is 4.87. The third-order valence-corrected chi connectivity index (χ3v) is 6.72. The molecule has 0 saturated carbocycles. The quantitative estimate of drug-likeness (QED) is 0.428. The van der Waals surface area contributed by atoms with E-state index in [4.69, 9.17) is 4.74 Å². The number of hydrogen-bond acceptors (Lipinski definition) is 5. The number of likely N-dealkylation sites (tertiary alicyclic amines) is 1. The zero-order valence-electron chi connectivity index (χ0n) is 21.3. The number of hydrogen-bond donors (Lipinski definition) is 2. The van der Waals surface area contributed by atoms with Crippen molar-refractivity contribution in [3.05, 3.63) is 35.4 Å². The van der Waals surface area contributed by atoms with Gasteiger partial charge in [0.1, 0.15) is 5.60 Å². The lowest BCUT2D eigenvalue weighted by Gasteiger charge is -2.26. The fraction of sp³-hybridized carbons (Fsp3) is 0.630. The van der Waals surface area contributed by atoms with E-state index in [0.717, 1.165) is 37.7 Å². The van der Waals surface area contributed by atoms with E-state index >= 15 is 0 Å². The van der Waals surface area contributed by atoms with Gasteiger partial charge in [0.2, 0.25) is 11.8 Å². The van der Waals surface area contributed by atoms with E-state index in [-0.39, 0.29) is 23.8 Å². The Bertz CT molecular complexity index is 939. The molecule has 2 aliphatic heterocycles. The molecule has 8 heteroatoms. The molecule has 2 heterocycles. The number of nitrogens with zero attached hydrogens (tertiary/aromatic N) is 1. The van der Waals surface area contributed by atoms with E-state index in [1.165, 1.54) is 0 Å². The number of amides is 4. The lowest BCUT2D eigenvalue weighted by Crippen LogP contribution is -2.44. The zero-order chi connectivity index (χ0) is 25.5.